The standard InChI is InChI=1S/C24H19NOS/c26-24(18-23-12-7-17-27-23)19-13-15-22(16-14-19)25(20-8-3-1-4-9-20)21-10-5-2-6-11-21/h1-17H,18H2. The lowest BCUT2D eigenvalue weighted by Gasteiger charge is -2.25. The van der Waals surface area contributed by atoms with Crippen LogP contribution < -0.4 is 4.90 Å². The van der Waals surface area contributed by atoms with Crippen LogP contribution in [0.3, 0.4) is 0 Å². The fraction of sp³-hybridized carbons (Fsp3) is 0.0417. The number of para-hydroxylation sites is 2. The first-order chi connectivity index (χ1) is 13.3. The third-order valence-corrected chi connectivity index (χ3v) is 5.27. The zero-order valence-corrected chi connectivity index (χ0v) is 15.6. The van der Waals surface area contributed by atoms with Crippen molar-refractivity contribution in [3.63, 3.8) is 0 Å². The Morgan fingerprint density at radius 1 is 0.667 bits per heavy atom. The van der Waals surface area contributed by atoms with Gasteiger partial charge < -0.3 is 4.90 Å². The first-order valence-electron chi connectivity index (χ1n) is 8.87. The molecule has 0 aliphatic heterocycles. The lowest BCUT2D eigenvalue weighted by Crippen LogP contribution is -2.10. The van der Waals surface area contributed by atoms with E-state index in [1.807, 2.05) is 78.2 Å². The summed E-state index contributed by atoms with van der Waals surface area (Å²) < 4.78 is 0. The van der Waals surface area contributed by atoms with Gasteiger partial charge in [0.15, 0.2) is 5.78 Å². The normalized spacial score (nSPS) is 10.5. The van der Waals surface area contributed by atoms with Crippen molar-refractivity contribution in [3.8, 4) is 0 Å². The van der Waals surface area contributed by atoms with Gasteiger partial charge in [0.25, 0.3) is 0 Å². The average Bonchev–Trinajstić information content (AvgIpc) is 3.23. The highest BCUT2D eigenvalue weighted by molar-refractivity contribution is 7.10. The predicted molar refractivity (Wildman–Crippen MR) is 113 cm³/mol. The predicted octanol–water partition coefficient (Wildman–Crippen LogP) is 6.64. The minimum absolute atomic E-state index is 0.148. The Kier molecular flexibility index (Phi) is 5.13. The highest BCUT2D eigenvalue weighted by atomic mass is 32.1. The molecule has 1 heterocycles. The van der Waals surface area contributed by atoms with Gasteiger partial charge in [-0.3, -0.25) is 4.79 Å². The number of thiophene rings is 1. The number of carbonyl (C=O) groups excluding carboxylic acids is 1. The molecule has 0 atom stereocenters. The smallest absolute Gasteiger partial charge is 0.168 e. The van der Waals surface area contributed by atoms with Crippen molar-refractivity contribution in [1.29, 1.82) is 0 Å². The second kappa shape index (κ2) is 8.02. The van der Waals surface area contributed by atoms with Crippen LogP contribution in [0.15, 0.2) is 102 Å². The Bertz CT molecular complexity index is 954. The first-order valence-corrected chi connectivity index (χ1v) is 9.75. The van der Waals surface area contributed by atoms with Crippen LogP contribution in [0.4, 0.5) is 17.1 Å². The van der Waals surface area contributed by atoms with E-state index in [2.05, 4.69) is 29.2 Å². The van der Waals surface area contributed by atoms with Crippen LogP contribution in [-0.4, -0.2) is 5.78 Å². The summed E-state index contributed by atoms with van der Waals surface area (Å²) >= 11 is 1.62. The summed E-state index contributed by atoms with van der Waals surface area (Å²) in [6, 6.07) is 32.4. The number of hydrogen-bond donors (Lipinski definition) is 0. The van der Waals surface area contributed by atoms with Crippen molar-refractivity contribution in [2.75, 3.05) is 4.90 Å². The van der Waals surface area contributed by atoms with E-state index in [1.165, 1.54) is 0 Å². The summed E-state index contributed by atoms with van der Waals surface area (Å²) in [5.41, 5.74) is 3.94. The van der Waals surface area contributed by atoms with Gasteiger partial charge in [0.05, 0.1) is 0 Å². The number of benzene rings is 3. The van der Waals surface area contributed by atoms with E-state index in [4.69, 9.17) is 0 Å². The minimum atomic E-state index is 0.148. The maximum atomic E-state index is 12.5. The molecule has 0 saturated carbocycles. The van der Waals surface area contributed by atoms with E-state index in [1.54, 1.807) is 11.3 Å². The monoisotopic (exact) mass is 369 g/mol. The maximum absolute atomic E-state index is 12.5. The second-order valence-electron chi connectivity index (χ2n) is 6.23. The number of rotatable bonds is 6. The lowest BCUT2D eigenvalue weighted by molar-refractivity contribution is 0.0994. The zero-order chi connectivity index (χ0) is 18.5. The first kappa shape index (κ1) is 17.3. The Hall–Kier alpha value is -3.17. The Balaban J connectivity index is 1.64. The zero-order valence-electron chi connectivity index (χ0n) is 14.8. The SMILES string of the molecule is O=C(Cc1cccs1)c1ccc(N(c2ccccc2)c2ccccc2)cc1. The molecule has 1 aromatic heterocycles. The molecular weight excluding hydrogens is 350 g/mol. The molecule has 132 valence electrons. The summed E-state index contributed by atoms with van der Waals surface area (Å²) in [6.07, 6.45) is 0.456. The summed E-state index contributed by atoms with van der Waals surface area (Å²) in [7, 11) is 0. The van der Waals surface area contributed by atoms with Crippen molar-refractivity contribution < 1.29 is 4.79 Å². The lowest BCUT2D eigenvalue weighted by atomic mass is 10.1. The molecule has 0 aliphatic rings. The number of Topliss-reactive ketones (excluding diaryl/α,β-unsaturated/α-hetero) is 1. The van der Waals surface area contributed by atoms with Crippen LogP contribution in [0.1, 0.15) is 15.2 Å². The molecular formula is C24H19NOS. The van der Waals surface area contributed by atoms with Gasteiger partial charge in [-0.15, -0.1) is 11.3 Å². The maximum Gasteiger partial charge on any atom is 0.168 e. The van der Waals surface area contributed by atoms with Crippen LogP contribution in [-0.2, 0) is 6.42 Å². The van der Waals surface area contributed by atoms with Crippen molar-refractivity contribution in [1.82, 2.24) is 0 Å². The van der Waals surface area contributed by atoms with Crippen LogP contribution in [0.2, 0.25) is 0 Å². The third kappa shape index (κ3) is 3.99. The average molecular weight is 369 g/mol. The van der Waals surface area contributed by atoms with E-state index in [-0.39, 0.29) is 5.78 Å². The van der Waals surface area contributed by atoms with E-state index in [0.29, 0.717) is 6.42 Å². The number of ketones is 1. The number of carbonyl (C=O) groups is 1. The van der Waals surface area contributed by atoms with Crippen molar-refractivity contribution >= 4 is 34.2 Å². The minimum Gasteiger partial charge on any atom is -0.311 e. The molecule has 4 aromatic rings. The van der Waals surface area contributed by atoms with Gasteiger partial charge in [-0.2, -0.15) is 0 Å². The quantitative estimate of drug-likeness (QED) is 0.355. The molecule has 0 amide bonds. The summed E-state index contributed by atoms with van der Waals surface area (Å²) in [4.78, 5) is 15.8. The molecule has 0 spiro atoms. The van der Waals surface area contributed by atoms with Gasteiger partial charge in [-0.1, -0.05) is 42.5 Å². The fourth-order valence-electron chi connectivity index (χ4n) is 3.07. The van der Waals surface area contributed by atoms with E-state index < -0.39 is 0 Å². The van der Waals surface area contributed by atoms with Crippen LogP contribution in [0, 0.1) is 0 Å². The second-order valence-corrected chi connectivity index (χ2v) is 7.26. The van der Waals surface area contributed by atoms with Crippen LogP contribution in [0.25, 0.3) is 0 Å². The summed E-state index contributed by atoms with van der Waals surface area (Å²) in [5, 5.41) is 2.00. The highest BCUT2D eigenvalue weighted by Gasteiger charge is 2.13. The number of hydrogen-bond acceptors (Lipinski definition) is 3. The largest absolute Gasteiger partial charge is 0.311 e. The molecule has 0 bridgehead atoms. The topological polar surface area (TPSA) is 20.3 Å². The molecule has 2 nitrogen and oxygen atoms in total. The van der Waals surface area contributed by atoms with Gasteiger partial charge in [0.1, 0.15) is 0 Å². The molecule has 27 heavy (non-hydrogen) atoms. The Morgan fingerprint density at radius 3 is 1.74 bits per heavy atom. The number of nitrogens with zero attached hydrogens (tertiary/aromatic N) is 1. The molecule has 0 saturated heterocycles. The molecule has 0 radical (unpaired) electrons. The van der Waals surface area contributed by atoms with Crippen molar-refractivity contribution in [2.45, 2.75) is 6.42 Å². The molecule has 0 fully saturated rings. The molecule has 0 N–H and O–H groups in total. The summed E-state index contributed by atoms with van der Waals surface area (Å²) in [5.74, 6) is 0.148. The molecule has 0 aliphatic carbocycles. The van der Waals surface area contributed by atoms with E-state index in [0.717, 1.165) is 27.5 Å². The molecule has 4 rings (SSSR count). The van der Waals surface area contributed by atoms with E-state index in [9.17, 15) is 4.79 Å². The van der Waals surface area contributed by atoms with Crippen molar-refractivity contribution in [2.24, 2.45) is 0 Å². The third-order valence-electron chi connectivity index (χ3n) is 4.39. The van der Waals surface area contributed by atoms with E-state index >= 15 is 0 Å². The fourth-order valence-corrected chi connectivity index (χ4v) is 3.77. The molecule has 0 unspecified atom stereocenters. The van der Waals surface area contributed by atoms with Gasteiger partial charge in [0, 0.05) is 33.9 Å². The highest BCUT2D eigenvalue weighted by Crippen LogP contribution is 2.34. The van der Waals surface area contributed by atoms with Crippen LogP contribution >= 0.6 is 11.3 Å². The van der Waals surface area contributed by atoms with Crippen molar-refractivity contribution in [3.05, 3.63) is 113 Å². The Labute approximate surface area is 163 Å². The molecule has 3 aromatic carbocycles. The van der Waals surface area contributed by atoms with Gasteiger partial charge >= 0.3 is 0 Å². The Morgan fingerprint density at radius 2 is 1.22 bits per heavy atom. The summed E-state index contributed by atoms with van der Waals surface area (Å²) in [6.45, 7) is 0. The van der Waals surface area contributed by atoms with Crippen LogP contribution in [0.5, 0.6) is 0 Å². The van der Waals surface area contributed by atoms with Gasteiger partial charge in [0.2, 0.25) is 0 Å². The molecule has 3 heteroatoms. The number of anilines is 3. The van der Waals surface area contributed by atoms with Gasteiger partial charge in [-0.05, 0) is 60.0 Å². The van der Waals surface area contributed by atoms with Gasteiger partial charge in [-0.25, -0.2) is 0 Å².